The first-order valence-electron chi connectivity index (χ1n) is 6.24. The zero-order valence-electron chi connectivity index (χ0n) is 11.0. The first-order valence-corrected chi connectivity index (χ1v) is 7.41. The van der Waals surface area contributed by atoms with E-state index in [9.17, 15) is 5.11 Å². The summed E-state index contributed by atoms with van der Waals surface area (Å²) in [7, 11) is 0. The van der Waals surface area contributed by atoms with Crippen LogP contribution in [0.5, 0.6) is 11.5 Å². The van der Waals surface area contributed by atoms with Gasteiger partial charge in [-0.1, -0.05) is 23.7 Å². The number of anilines is 1. The molecule has 0 aliphatic heterocycles. The van der Waals surface area contributed by atoms with Crippen LogP contribution in [-0.4, -0.2) is 11.7 Å². The van der Waals surface area contributed by atoms with Crippen LogP contribution in [0.15, 0.2) is 40.9 Å². The molecule has 0 heterocycles. The minimum atomic E-state index is 0.247. The molecule has 0 spiro atoms. The molecular weight excluding hydrogens is 342 g/mol. The molecule has 2 aromatic rings. The molecule has 0 aromatic heterocycles. The van der Waals surface area contributed by atoms with Gasteiger partial charge in [0.15, 0.2) is 0 Å². The van der Waals surface area contributed by atoms with Gasteiger partial charge in [0.2, 0.25) is 0 Å². The highest BCUT2D eigenvalue weighted by Crippen LogP contribution is 2.30. The topological polar surface area (TPSA) is 41.5 Å². The summed E-state index contributed by atoms with van der Waals surface area (Å²) in [5.41, 5.74) is 1.68. The van der Waals surface area contributed by atoms with E-state index in [1.54, 1.807) is 6.07 Å². The van der Waals surface area contributed by atoms with Crippen LogP contribution in [-0.2, 0) is 6.54 Å². The van der Waals surface area contributed by atoms with Crippen molar-refractivity contribution >= 4 is 33.2 Å². The predicted octanol–water partition coefficient (Wildman–Crippen LogP) is 4.82. The molecular formula is C15H15BrClNO2. The van der Waals surface area contributed by atoms with E-state index in [1.807, 2.05) is 37.3 Å². The van der Waals surface area contributed by atoms with Gasteiger partial charge in [0.1, 0.15) is 11.5 Å². The lowest BCUT2D eigenvalue weighted by Crippen LogP contribution is -2.00. The number of para-hydroxylation sites is 1. The average molecular weight is 357 g/mol. The lowest BCUT2D eigenvalue weighted by Gasteiger charge is -2.11. The molecule has 0 radical (unpaired) electrons. The van der Waals surface area contributed by atoms with Gasteiger partial charge < -0.3 is 15.2 Å². The standard InChI is InChI=1S/C15H15BrClNO2/c1-2-20-14-7-6-11(8-13(14)17)18-9-10-4-3-5-12(16)15(10)19/h3-8,18-19H,2,9H2,1H3. The summed E-state index contributed by atoms with van der Waals surface area (Å²) in [5.74, 6) is 0.919. The predicted molar refractivity (Wildman–Crippen MR) is 85.8 cm³/mol. The van der Waals surface area contributed by atoms with Crippen LogP contribution in [0.2, 0.25) is 5.02 Å². The number of ether oxygens (including phenoxy) is 1. The Balaban J connectivity index is 2.07. The van der Waals surface area contributed by atoms with Crippen LogP contribution in [0.3, 0.4) is 0 Å². The molecule has 5 heteroatoms. The summed E-state index contributed by atoms with van der Waals surface area (Å²) >= 11 is 9.42. The molecule has 2 rings (SSSR count). The highest BCUT2D eigenvalue weighted by Gasteiger charge is 2.06. The highest BCUT2D eigenvalue weighted by molar-refractivity contribution is 9.10. The number of hydrogen-bond acceptors (Lipinski definition) is 3. The zero-order valence-corrected chi connectivity index (χ0v) is 13.3. The summed E-state index contributed by atoms with van der Waals surface area (Å²) < 4.78 is 6.07. The molecule has 0 unspecified atom stereocenters. The molecule has 3 nitrogen and oxygen atoms in total. The monoisotopic (exact) mass is 355 g/mol. The van der Waals surface area contributed by atoms with E-state index < -0.39 is 0 Å². The molecule has 0 saturated heterocycles. The van der Waals surface area contributed by atoms with Crippen molar-refractivity contribution in [1.82, 2.24) is 0 Å². The van der Waals surface area contributed by atoms with E-state index in [-0.39, 0.29) is 5.75 Å². The van der Waals surface area contributed by atoms with Crippen molar-refractivity contribution in [2.45, 2.75) is 13.5 Å². The second-order valence-corrected chi connectivity index (χ2v) is 5.44. The van der Waals surface area contributed by atoms with Gasteiger partial charge in [0.25, 0.3) is 0 Å². The summed E-state index contributed by atoms with van der Waals surface area (Å²) in [4.78, 5) is 0. The smallest absolute Gasteiger partial charge is 0.138 e. The highest BCUT2D eigenvalue weighted by atomic mass is 79.9. The fourth-order valence-electron chi connectivity index (χ4n) is 1.78. The number of hydrogen-bond donors (Lipinski definition) is 2. The van der Waals surface area contributed by atoms with E-state index in [0.717, 1.165) is 11.3 Å². The van der Waals surface area contributed by atoms with E-state index in [1.165, 1.54) is 0 Å². The average Bonchev–Trinajstić information content (AvgIpc) is 2.43. The Hall–Kier alpha value is -1.39. The van der Waals surface area contributed by atoms with Crippen LogP contribution < -0.4 is 10.1 Å². The van der Waals surface area contributed by atoms with Gasteiger partial charge in [0.05, 0.1) is 16.1 Å². The number of rotatable bonds is 5. The van der Waals surface area contributed by atoms with E-state index in [0.29, 0.717) is 28.4 Å². The molecule has 0 saturated carbocycles. The Morgan fingerprint density at radius 3 is 2.80 bits per heavy atom. The largest absolute Gasteiger partial charge is 0.506 e. The number of aromatic hydroxyl groups is 1. The van der Waals surface area contributed by atoms with Gasteiger partial charge in [-0.15, -0.1) is 0 Å². The van der Waals surface area contributed by atoms with Gasteiger partial charge in [-0.3, -0.25) is 0 Å². The maximum absolute atomic E-state index is 9.91. The lowest BCUT2D eigenvalue weighted by molar-refractivity contribution is 0.340. The number of halogens is 2. The third-order valence-electron chi connectivity index (χ3n) is 2.79. The SMILES string of the molecule is CCOc1ccc(NCc2cccc(Br)c2O)cc1Cl. The molecule has 20 heavy (non-hydrogen) atoms. The van der Waals surface area contributed by atoms with E-state index in [2.05, 4.69) is 21.2 Å². The van der Waals surface area contributed by atoms with Crippen molar-refractivity contribution in [3.8, 4) is 11.5 Å². The van der Waals surface area contributed by atoms with Crippen molar-refractivity contribution in [3.63, 3.8) is 0 Å². The van der Waals surface area contributed by atoms with E-state index >= 15 is 0 Å². The first kappa shape index (κ1) is 15.0. The third kappa shape index (κ3) is 3.58. The molecule has 0 bridgehead atoms. The maximum Gasteiger partial charge on any atom is 0.138 e. The third-order valence-corrected chi connectivity index (χ3v) is 3.72. The first-order chi connectivity index (χ1) is 9.61. The van der Waals surface area contributed by atoms with E-state index in [4.69, 9.17) is 16.3 Å². The second-order valence-electron chi connectivity index (χ2n) is 4.18. The Labute approximate surface area is 131 Å². The summed E-state index contributed by atoms with van der Waals surface area (Å²) in [6, 6.07) is 11.1. The molecule has 2 N–H and O–H groups in total. The Bertz CT molecular complexity index is 604. The second kappa shape index (κ2) is 6.86. The molecule has 2 aromatic carbocycles. The minimum absolute atomic E-state index is 0.247. The number of phenolic OH excluding ortho intramolecular Hbond substituents is 1. The maximum atomic E-state index is 9.91. The zero-order chi connectivity index (χ0) is 14.5. The van der Waals surface area contributed by atoms with Gasteiger partial charge in [0, 0.05) is 17.8 Å². The molecule has 0 atom stereocenters. The van der Waals surface area contributed by atoms with Crippen molar-refractivity contribution in [1.29, 1.82) is 0 Å². The molecule has 0 amide bonds. The molecule has 106 valence electrons. The summed E-state index contributed by atoms with van der Waals surface area (Å²) in [6.07, 6.45) is 0. The van der Waals surface area contributed by atoms with Crippen molar-refractivity contribution in [2.24, 2.45) is 0 Å². The van der Waals surface area contributed by atoms with Crippen LogP contribution in [0.4, 0.5) is 5.69 Å². The van der Waals surface area contributed by atoms with Crippen molar-refractivity contribution < 1.29 is 9.84 Å². The number of benzene rings is 2. The van der Waals surface area contributed by atoms with Crippen LogP contribution in [0.25, 0.3) is 0 Å². The lowest BCUT2D eigenvalue weighted by atomic mass is 10.2. The molecule has 0 fully saturated rings. The van der Waals surface area contributed by atoms with Gasteiger partial charge in [-0.25, -0.2) is 0 Å². The Morgan fingerprint density at radius 1 is 1.30 bits per heavy atom. The van der Waals surface area contributed by atoms with Gasteiger partial charge in [-0.05, 0) is 47.1 Å². The quantitative estimate of drug-likeness (QED) is 0.807. The minimum Gasteiger partial charge on any atom is -0.506 e. The molecule has 0 aliphatic carbocycles. The van der Waals surface area contributed by atoms with Crippen molar-refractivity contribution in [2.75, 3.05) is 11.9 Å². The number of nitrogens with one attached hydrogen (secondary N) is 1. The number of phenols is 1. The fourth-order valence-corrected chi connectivity index (χ4v) is 2.43. The van der Waals surface area contributed by atoms with Crippen LogP contribution in [0.1, 0.15) is 12.5 Å². The summed E-state index contributed by atoms with van der Waals surface area (Å²) in [6.45, 7) is 3.01. The fraction of sp³-hybridized carbons (Fsp3) is 0.200. The van der Waals surface area contributed by atoms with Crippen molar-refractivity contribution in [3.05, 3.63) is 51.5 Å². The Morgan fingerprint density at radius 2 is 2.10 bits per heavy atom. The summed E-state index contributed by atoms with van der Waals surface area (Å²) in [5, 5.41) is 13.7. The van der Waals surface area contributed by atoms with Crippen LogP contribution in [0, 0.1) is 0 Å². The van der Waals surface area contributed by atoms with Crippen LogP contribution >= 0.6 is 27.5 Å². The normalized spacial score (nSPS) is 10.3. The van der Waals surface area contributed by atoms with Gasteiger partial charge in [-0.2, -0.15) is 0 Å². The van der Waals surface area contributed by atoms with Gasteiger partial charge >= 0.3 is 0 Å². The Kier molecular flexibility index (Phi) is 5.15. The molecule has 0 aliphatic rings.